The molecule has 3 rings (SSSR count). The van der Waals surface area contributed by atoms with Gasteiger partial charge < -0.3 is 0 Å². The van der Waals surface area contributed by atoms with Crippen LogP contribution in [0.1, 0.15) is 20.7 Å². The highest BCUT2D eigenvalue weighted by molar-refractivity contribution is 7.89. The van der Waals surface area contributed by atoms with E-state index in [0.717, 1.165) is 4.31 Å². The van der Waals surface area contributed by atoms with Crippen LogP contribution in [0.4, 0.5) is 0 Å². The van der Waals surface area contributed by atoms with E-state index < -0.39 is 21.8 Å². The van der Waals surface area contributed by atoms with E-state index in [1.165, 1.54) is 43.0 Å². The molecule has 0 spiro atoms. The third kappa shape index (κ3) is 4.33. The number of para-hydroxylation sites is 1. The number of amides is 2. The van der Waals surface area contributed by atoms with Crippen molar-refractivity contribution in [1.29, 1.82) is 0 Å². The summed E-state index contributed by atoms with van der Waals surface area (Å²) in [6, 6.07) is 14.1. The summed E-state index contributed by atoms with van der Waals surface area (Å²) in [6.45, 7) is 0. The Labute approximate surface area is 168 Å². The van der Waals surface area contributed by atoms with E-state index >= 15 is 0 Å². The summed E-state index contributed by atoms with van der Waals surface area (Å²) in [5.74, 6) is -1.19. The molecule has 1 aromatic heterocycles. The van der Waals surface area contributed by atoms with Gasteiger partial charge >= 0.3 is 0 Å². The molecule has 0 aliphatic rings. The topological polar surface area (TPSA) is 113 Å². The molecule has 2 amide bonds. The Morgan fingerprint density at radius 1 is 0.966 bits per heavy atom. The molecule has 0 radical (unpaired) electrons. The average molecular weight is 413 g/mol. The van der Waals surface area contributed by atoms with Gasteiger partial charge in [-0.1, -0.05) is 18.2 Å². The van der Waals surface area contributed by atoms with E-state index in [1.54, 1.807) is 42.7 Å². The van der Waals surface area contributed by atoms with Crippen molar-refractivity contribution in [3.05, 3.63) is 78.1 Å². The first kappa shape index (κ1) is 20.2. The lowest BCUT2D eigenvalue weighted by Gasteiger charge is -2.13. The van der Waals surface area contributed by atoms with E-state index in [4.69, 9.17) is 0 Å². The molecule has 0 fully saturated rings. The van der Waals surface area contributed by atoms with E-state index in [1.807, 2.05) is 0 Å². The van der Waals surface area contributed by atoms with Crippen LogP contribution in [-0.2, 0) is 10.0 Å². The number of carbonyl (C=O) groups is 2. The van der Waals surface area contributed by atoms with Gasteiger partial charge in [-0.15, -0.1) is 0 Å². The van der Waals surface area contributed by atoms with Crippen LogP contribution in [0.2, 0.25) is 0 Å². The van der Waals surface area contributed by atoms with Crippen molar-refractivity contribution in [2.45, 2.75) is 4.90 Å². The Hall–Kier alpha value is -3.50. The molecule has 150 valence electrons. The molecular formula is C19H19N5O4S. The molecule has 0 atom stereocenters. The van der Waals surface area contributed by atoms with Crippen molar-refractivity contribution < 1.29 is 18.0 Å². The zero-order chi connectivity index (χ0) is 21.0. The van der Waals surface area contributed by atoms with E-state index in [0.29, 0.717) is 11.3 Å². The fraction of sp³-hybridized carbons (Fsp3) is 0.105. The van der Waals surface area contributed by atoms with Gasteiger partial charge in [-0.2, -0.15) is 5.10 Å². The Morgan fingerprint density at radius 3 is 2.38 bits per heavy atom. The van der Waals surface area contributed by atoms with Crippen molar-refractivity contribution in [2.24, 2.45) is 0 Å². The number of hydrazine groups is 1. The minimum Gasteiger partial charge on any atom is -0.267 e. The highest BCUT2D eigenvalue weighted by atomic mass is 32.2. The number of hydrogen-bond donors (Lipinski definition) is 2. The molecule has 9 nitrogen and oxygen atoms in total. The summed E-state index contributed by atoms with van der Waals surface area (Å²) in [5.41, 5.74) is 5.58. The highest BCUT2D eigenvalue weighted by Crippen LogP contribution is 2.15. The smallest absolute Gasteiger partial charge is 0.267 e. The molecule has 3 aromatic rings. The monoisotopic (exact) mass is 413 g/mol. The Kier molecular flexibility index (Phi) is 5.76. The lowest BCUT2D eigenvalue weighted by Crippen LogP contribution is -2.42. The van der Waals surface area contributed by atoms with Gasteiger partial charge in [0.15, 0.2) is 0 Å². The summed E-state index contributed by atoms with van der Waals surface area (Å²) >= 11 is 0. The lowest BCUT2D eigenvalue weighted by atomic mass is 10.1. The van der Waals surface area contributed by atoms with Crippen LogP contribution in [0.25, 0.3) is 5.69 Å². The number of aromatic nitrogens is 2. The van der Waals surface area contributed by atoms with Gasteiger partial charge in [-0.3, -0.25) is 20.4 Å². The molecule has 0 aliphatic carbocycles. The molecule has 0 unspecified atom stereocenters. The Bertz CT molecular complexity index is 1140. The summed E-state index contributed by atoms with van der Waals surface area (Å²) < 4.78 is 27.0. The van der Waals surface area contributed by atoms with Gasteiger partial charge in [0.1, 0.15) is 0 Å². The average Bonchev–Trinajstić information content (AvgIpc) is 3.26. The first-order chi connectivity index (χ1) is 13.8. The molecule has 10 heteroatoms. The normalized spacial score (nSPS) is 11.3. The van der Waals surface area contributed by atoms with Gasteiger partial charge in [0, 0.05) is 32.1 Å². The first-order valence-electron chi connectivity index (χ1n) is 8.53. The minimum absolute atomic E-state index is 0.0227. The van der Waals surface area contributed by atoms with Crippen LogP contribution < -0.4 is 10.9 Å². The Balaban J connectivity index is 1.75. The van der Waals surface area contributed by atoms with Crippen LogP contribution in [0.15, 0.2) is 71.9 Å². The molecule has 2 aromatic carbocycles. The number of rotatable bonds is 5. The Morgan fingerprint density at radius 2 is 1.69 bits per heavy atom. The first-order valence-corrected chi connectivity index (χ1v) is 9.97. The number of nitrogens with zero attached hydrogens (tertiary/aromatic N) is 3. The second-order valence-electron chi connectivity index (χ2n) is 6.19. The third-order valence-electron chi connectivity index (χ3n) is 4.06. The number of carbonyl (C=O) groups excluding carboxylic acids is 2. The zero-order valence-corrected chi connectivity index (χ0v) is 16.6. The highest BCUT2D eigenvalue weighted by Gasteiger charge is 2.19. The molecule has 1 heterocycles. The number of nitrogens with one attached hydrogen (secondary N) is 2. The van der Waals surface area contributed by atoms with E-state index in [9.17, 15) is 18.0 Å². The van der Waals surface area contributed by atoms with Crippen LogP contribution in [0.5, 0.6) is 0 Å². The third-order valence-corrected chi connectivity index (χ3v) is 5.88. The summed E-state index contributed by atoms with van der Waals surface area (Å²) in [6.07, 6.45) is 3.28. The maximum atomic E-state index is 12.5. The van der Waals surface area contributed by atoms with Gasteiger partial charge in [-0.25, -0.2) is 17.4 Å². The van der Waals surface area contributed by atoms with Crippen molar-refractivity contribution >= 4 is 21.8 Å². The predicted molar refractivity (Wildman–Crippen MR) is 106 cm³/mol. The van der Waals surface area contributed by atoms with Gasteiger partial charge in [0.05, 0.1) is 16.1 Å². The number of sulfonamides is 1. The maximum absolute atomic E-state index is 12.5. The van der Waals surface area contributed by atoms with E-state index in [2.05, 4.69) is 16.0 Å². The predicted octanol–water partition coefficient (Wildman–Crippen LogP) is 1.20. The van der Waals surface area contributed by atoms with E-state index in [-0.39, 0.29) is 10.5 Å². The largest absolute Gasteiger partial charge is 0.271 e. The second-order valence-corrected chi connectivity index (χ2v) is 8.34. The summed E-state index contributed by atoms with van der Waals surface area (Å²) in [4.78, 5) is 24.9. The molecule has 0 saturated carbocycles. The van der Waals surface area contributed by atoms with Crippen LogP contribution in [0, 0.1) is 0 Å². The molecule has 0 aliphatic heterocycles. The van der Waals surface area contributed by atoms with Crippen molar-refractivity contribution in [3.8, 4) is 5.69 Å². The SMILES string of the molecule is CN(C)S(=O)(=O)c1cccc(C(=O)NNC(=O)c2ccccc2-n2cccn2)c1. The lowest BCUT2D eigenvalue weighted by molar-refractivity contribution is 0.0846. The van der Waals surface area contributed by atoms with Gasteiger partial charge in [0.2, 0.25) is 10.0 Å². The minimum atomic E-state index is -3.68. The maximum Gasteiger partial charge on any atom is 0.271 e. The fourth-order valence-electron chi connectivity index (χ4n) is 2.54. The van der Waals surface area contributed by atoms with Gasteiger partial charge in [0.25, 0.3) is 11.8 Å². The van der Waals surface area contributed by atoms with Crippen LogP contribution in [-0.4, -0.2) is 48.4 Å². The second kappa shape index (κ2) is 8.25. The standard InChI is InChI=1S/C19H19N5O4S/c1-23(2)29(27,28)15-8-5-7-14(13-15)18(25)21-22-19(26)16-9-3-4-10-17(16)24-12-6-11-20-24/h3-13H,1-2H3,(H,21,25)(H,22,26). The quantitative estimate of drug-likeness (QED) is 0.610. The number of hydrogen-bond acceptors (Lipinski definition) is 5. The molecule has 2 N–H and O–H groups in total. The van der Waals surface area contributed by atoms with Crippen molar-refractivity contribution in [2.75, 3.05) is 14.1 Å². The molecular weight excluding hydrogens is 394 g/mol. The number of benzene rings is 2. The fourth-order valence-corrected chi connectivity index (χ4v) is 3.49. The molecule has 0 saturated heterocycles. The summed E-state index contributed by atoms with van der Waals surface area (Å²) in [5, 5.41) is 4.11. The summed E-state index contributed by atoms with van der Waals surface area (Å²) in [7, 11) is -0.877. The molecule has 0 bridgehead atoms. The van der Waals surface area contributed by atoms with Crippen LogP contribution >= 0.6 is 0 Å². The van der Waals surface area contributed by atoms with Crippen molar-refractivity contribution in [3.63, 3.8) is 0 Å². The molecule has 29 heavy (non-hydrogen) atoms. The van der Waals surface area contributed by atoms with Crippen LogP contribution in [0.3, 0.4) is 0 Å². The van der Waals surface area contributed by atoms with Gasteiger partial charge in [-0.05, 0) is 36.4 Å². The zero-order valence-electron chi connectivity index (χ0n) is 15.7. The van der Waals surface area contributed by atoms with Crippen molar-refractivity contribution in [1.82, 2.24) is 24.9 Å².